The lowest BCUT2D eigenvalue weighted by Gasteiger charge is -2.33. The van der Waals surface area contributed by atoms with Gasteiger partial charge in [0.25, 0.3) is 0 Å². The van der Waals surface area contributed by atoms with Crippen molar-refractivity contribution in [2.75, 3.05) is 40.3 Å². The molecule has 0 aliphatic carbocycles. The van der Waals surface area contributed by atoms with Crippen molar-refractivity contribution in [1.29, 1.82) is 0 Å². The molecule has 1 aliphatic rings. The van der Waals surface area contributed by atoms with Crippen molar-refractivity contribution in [2.24, 2.45) is 0 Å². The van der Waals surface area contributed by atoms with Gasteiger partial charge in [-0.25, -0.2) is 0 Å². The third kappa shape index (κ3) is 6.41. The van der Waals surface area contributed by atoms with Crippen LogP contribution in [0, 0.1) is 12.3 Å². The van der Waals surface area contributed by atoms with Gasteiger partial charge >= 0.3 is 0 Å². The Kier molecular flexibility index (Phi) is 7.77. The average molecular weight is 343 g/mol. The number of nitrogens with one attached hydrogen (secondary N) is 1. The lowest BCUT2D eigenvalue weighted by Crippen LogP contribution is -2.49. The van der Waals surface area contributed by atoms with Crippen LogP contribution < -0.4 is 10.1 Å². The Morgan fingerprint density at radius 2 is 2.12 bits per heavy atom. The lowest BCUT2D eigenvalue weighted by molar-refractivity contribution is -0.127. The first-order chi connectivity index (χ1) is 12.1. The standard InChI is InChI=1S/C20H29N3O2/c1-4-12-23-13-6-5-7-19(23)20(24)21-16-17-8-10-18(11-9-17)25-15-14-22(2)3/h1,8-11,19H,5-7,12-16H2,2-3H3,(H,21,24)/t19-/m0/s1. The molecule has 0 unspecified atom stereocenters. The molecule has 0 saturated carbocycles. The van der Waals surface area contributed by atoms with Crippen molar-refractivity contribution in [3.05, 3.63) is 29.8 Å². The molecule has 2 rings (SSSR count). The molecule has 136 valence electrons. The molecule has 1 aliphatic heterocycles. The summed E-state index contributed by atoms with van der Waals surface area (Å²) in [4.78, 5) is 16.7. The highest BCUT2D eigenvalue weighted by Gasteiger charge is 2.27. The molecular weight excluding hydrogens is 314 g/mol. The number of benzene rings is 1. The monoisotopic (exact) mass is 343 g/mol. The van der Waals surface area contributed by atoms with Gasteiger partial charge in [-0.05, 0) is 51.2 Å². The van der Waals surface area contributed by atoms with E-state index in [1.807, 2.05) is 38.4 Å². The van der Waals surface area contributed by atoms with Crippen LogP contribution in [0.2, 0.25) is 0 Å². The number of hydrogen-bond donors (Lipinski definition) is 1. The third-order valence-electron chi connectivity index (χ3n) is 4.41. The van der Waals surface area contributed by atoms with E-state index in [1.54, 1.807) is 0 Å². The molecule has 0 radical (unpaired) electrons. The van der Waals surface area contributed by atoms with Gasteiger partial charge < -0.3 is 15.0 Å². The number of ether oxygens (including phenoxy) is 1. The van der Waals surface area contributed by atoms with Gasteiger partial charge in [0.2, 0.25) is 5.91 Å². The van der Waals surface area contributed by atoms with E-state index in [9.17, 15) is 4.79 Å². The molecule has 1 atom stereocenters. The number of likely N-dealkylation sites (tertiary alicyclic amines) is 1. The fraction of sp³-hybridized carbons (Fsp3) is 0.550. The number of rotatable bonds is 8. The van der Waals surface area contributed by atoms with E-state index in [4.69, 9.17) is 11.2 Å². The first-order valence-electron chi connectivity index (χ1n) is 8.92. The molecule has 25 heavy (non-hydrogen) atoms. The summed E-state index contributed by atoms with van der Waals surface area (Å²) in [5.74, 6) is 3.58. The second-order valence-corrected chi connectivity index (χ2v) is 6.70. The number of amides is 1. The van der Waals surface area contributed by atoms with Crippen LogP contribution in [0.3, 0.4) is 0 Å². The van der Waals surface area contributed by atoms with Gasteiger partial charge in [-0.1, -0.05) is 24.5 Å². The smallest absolute Gasteiger partial charge is 0.237 e. The Balaban J connectivity index is 1.80. The van der Waals surface area contributed by atoms with Crippen LogP contribution in [0.1, 0.15) is 24.8 Å². The van der Waals surface area contributed by atoms with Crippen LogP contribution in [0.4, 0.5) is 0 Å². The second kappa shape index (κ2) is 10.1. The highest BCUT2D eigenvalue weighted by molar-refractivity contribution is 5.81. The van der Waals surface area contributed by atoms with Crippen LogP contribution in [0.25, 0.3) is 0 Å². The molecule has 0 bridgehead atoms. The third-order valence-corrected chi connectivity index (χ3v) is 4.41. The van der Waals surface area contributed by atoms with Gasteiger partial charge in [0.15, 0.2) is 0 Å². The maximum atomic E-state index is 12.5. The Hall–Kier alpha value is -2.03. The van der Waals surface area contributed by atoms with Crippen LogP contribution in [-0.2, 0) is 11.3 Å². The number of likely N-dealkylation sites (N-methyl/N-ethyl adjacent to an activating group) is 1. The molecule has 0 aromatic heterocycles. The summed E-state index contributed by atoms with van der Waals surface area (Å²) in [5, 5.41) is 3.04. The zero-order valence-electron chi connectivity index (χ0n) is 15.3. The Bertz CT molecular complexity index is 578. The van der Waals surface area contributed by atoms with Gasteiger partial charge in [0.05, 0.1) is 12.6 Å². The van der Waals surface area contributed by atoms with Crippen molar-refractivity contribution in [2.45, 2.75) is 31.8 Å². The second-order valence-electron chi connectivity index (χ2n) is 6.70. The van der Waals surface area contributed by atoms with E-state index in [-0.39, 0.29) is 11.9 Å². The van der Waals surface area contributed by atoms with Crippen LogP contribution in [0.15, 0.2) is 24.3 Å². The quantitative estimate of drug-likeness (QED) is 0.730. The number of carbonyl (C=O) groups excluding carboxylic acids is 1. The average Bonchev–Trinajstić information content (AvgIpc) is 2.61. The molecule has 1 fully saturated rings. The highest BCUT2D eigenvalue weighted by atomic mass is 16.5. The molecule has 1 aromatic carbocycles. The van der Waals surface area contributed by atoms with Crippen LogP contribution in [0.5, 0.6) is 5.75 Å². The first-order valence-corrected chi connectivity index (χ1v) is 8.92. The van der Waals surface area contributed by atoms with Crippen molar-refractivity contribution >= 4 is 5.91 Å². The zero-order chi connectivity index (χ0) is 18.1. The van der Waals surface area contributed by atoms with E-state index in [1.165, 1.54) is 0 Å². The topological polar surface area (TPSA) is 44.8 Å². The molecule has 1 amide bonds. The normalized spacial score (nSPS) is 17.9. The summed E-state index contributed by atoms with van der Waals surface area (Å²) in [6, 6.07) is 7.78. The Labute approximate surface area is 151 Å². The summed E-state index contributed by atoms with van der Waals surface area (Å²) >= 11 is 0. The zero-order valence-corrected chi connectivity index (χ0v) is 15.3. The predicted molar refractivity (Wildman–Crippen MR) is 100 cm³/mol. The Morgan fingerprint density at radius 3 is 2.80 bits per heavy atom. The van der Waals surface area contributed by atoms with Crippen LogP contribution in [-0.4, -0.2) is 62.1 Å². The summed E-state index contributed by atoms with van der Waals surface area (Å²) in [6.07, 6.45) is 8.49. The summed E-state index contributed by atoms with van der Waals surface area (Å²) in [5.41, 5.74) is 1.06. The molecule has 1 aromatic rings. The molecule has 1 N–H and O–H groups in total. The predicted octanol–water partition coefficient (Wildman–Crippen LogP) is 1.73. The lowest BCUT2D eigenvalue weighted by atomic mass is 10.0. The number of carbonyl (C=O) groups is 1. The number of nitrogens with zero attached hydrogens (tertiary/aromatic N) is 2. The molecule has 5 heteroatoms. The molecule has 1 heterocycles. The minimum absolute atomic E-state index is 0.0706. The highest BCUT2D eigenvalue weighted by Crippen LogP contribution is 2.17. The fourth-order valence-corrected chi connectivity index (χ4v) is 2.95. The number of terminal acetylenes is 1. The van der Waals surface area contributed by atoms with E-state index >= 15 is 0 Å². The summed E-state index contributed by atoms with van der Waals surface area (Å²) in [6.45, 7) is 3.51. The maximum absolute atomic E-state index is 12.5. The van der Waals surface area contributed by atoms with Crippen molar-refractivity contribution in [3.8, 4) is 18.1 Å². The van der Waals surface area contributed by atoms with E-state index < -0.39 is 0 Å². The Morgan fingerprint density at radius 1 is 1.36 bits per heavy atom. The van der Waals surface area contributed by atoms with Crippen molar-refractivity contribution < 1.29 is 9.53 Å². The number of piperidine rings is 1. The molecular formula is C20H29N3O2. The maximum Gasteiger partial charge on any atom is 0.237 e. The molecule has 5 nitrogen and oxygen atoms in total. The number of hydrogen-bond acceptors (Lipinski definition) is 4. The minimum Gasteiger partial charge on any atom is -0.492 e. The molecule has 1 saturated heterocycles. The first kappa shape index (κ1) is 19.3. The largest absolute Gasteiger partial charge is 0.492 e. The van der Waals surface area contributed by atoms with E-state index in [2.05, 4.69) is 21.0 Å². The molecule has 0 spiro atoms. The van der Waals surface area contributed by atoms with Gasteiger partial charge in [0.1, 0.15) is 12.4 Å². The van der Waals surface area contributed by atoms with E-state index in [0.717, 1.165) is 43.7 Å². The summed E-state index contributed by atoms with van der Waals surface area (Å²) < 4.78 is 5.68. The fourth-order valence-electron chi connectivity index (χ4n) is 2.95. The van der Waals surface area contributed by atoms with Gasteiger partial charge in [-0.2, -0.15) is 0 Å². The van der Waals surface area contributed by atoms with Crippen molar-refractivity contribution in [1.82, 2.24) is 15.1 Å². The SMILES string of the molecule is C#CCN1CCCC[C@H]1C(=O)NCc1ccc(OCCN(C)C)cc1. The van der Waals surface area contributed by atoms with E-state index in [0.29, 0.717) is 19.7 Å². The minimum atomic E-state index is -0.0987. The van der Waals surface area contributed by atoms with Gasteiger partial charge in [0, 0.05) is 13.1 Å². The van der Waals surface area contributed by atoms with Gasteiger partial charge in [-0.3, -0.25) is 9.69 Å². The summed E-state index contributed by atoms with van der Waals surface area (Å²) in [7, 11) is 4.04. The van der Waals surface area contributed by atoms with Crippen LogP contribution >= 0.6 is 0 Å². The van der Waals surface area contributed by atoms with Crippen molar-refractivity contribution in [3.63, 3.8) is 0 Å². The van der Waals surface area contributed by atoms with Gasteiger partial charge in [-0.15, -0.1) is 6.42 Å².